The molecule has 6 aromatic carbocycles. The van der Waals surface area contributed by atoms with Crippen molar-refractivity contribution in [1.82, 2.24) is 9.97 Å². The molecule has 0 unspecified atom stereocenters. The van der Waals surface area contributed by atoms with Crippen molar-refractivity contribution in [2.24, 2.45) is 0 Å². The van der Waals surface area contributed by atoms with Gasteiger partial charge in [-0.1, -0.05) is 147 Å². The van der Waals surface area contributed by atoms with E-state index < -0.39 is 0 Å². The quantitative estimate of drug-likeness (QED) is 0.218. The first kappa shape index (κ1) is 25.4. The van der Waals surface area contributed by atoms with Crippen molar-refractivity contribution >= 4 is 10.8 Å². The molecule has 204 valence electrons. The molecule has 0 saturated carbocycles. The van der Waals surface area contributed by atoms with Crippen LogP contribution in [0.2, 0.25) is 0 Å². The van der Waals surface area contributed by atoms with E-state index in [4.69, 9.17) is 9.97 Å². The lowest BCUT2D eigenvalue weighted by molar-refractivity contribution is 0.663. The molecule has 43 heavy (non-hydrogen) atoms. The Kier molecular flexibility index (Phi) is 5.84. The monoisotopic (exact) mass is 550 g/mol. The van der Waals surface area contributed by atoms with Crippen LogP contribution in [0.25, 0.3) is 66.9 Å². The fraction of sp³-hybridized carbons (Fsp3) is 0.0732. The summed E-state index contributed by atoms with van der Waals surface area (Å²) in [5.41, 5.74) is 12.4. The van der Waals surface area contributed by atoms with Crippen LogP contribution in [-0.2, 0) is 5.41 Å². The average Bonchev–Trinajstić information content (AvgIpc) is 3.31. The maximum atomic E-state index is 5.33. The third kappa shape index (κ3) is 4.18. The summed E-state index contributed by atoms with van der Waals surface area (Å²) in [6.45, 7) is 4.65. The molecule has 0 atom stereocenters. The highest BCUT2D eigenvalue weighted by Crippen LogP contribution is 2.53. The second kappa shape index (κ2) is 9.89. The number of benzene rings is 6. The SMILES string of the molecule is CC1(C)c2c(-c3cccc(-c4cccc(-c5ccccc5)c4)c3)nc(-c3ccccc3)nc2-c2ccc3ccccc3c21. The summed E-state index contributed by atoms with van der Waals surface area (Å²) in [7, 11) is 0. The highest BCUT2D eigenvalue weighted by molar-refractivity contribution is 5.98. The number of nitrogens with zero attached hydrogens (tertiary/aromatic N) is 2. The zero-order chi connectivity index (χ0) is 29.0. The summed E-state index contributed by atoms with van der Waals surface area (Å²) in [5.74, 6) is 0.752. The van der Waals surface area contributed by atoms with E-state index in [1.807, 2.05) is 6.07 Å². The third-order valence-corrected chi connectivity index (χ3v) is 8.81. The second-order valence-electron chi connectivity index (χ2n) is 11.8. The van der Waals surface area contributed by atoms with E-state index in [2.05, 4.69) is 153 Å². The lowest BCUT2D eigenvalue weighted by Gasteiger charge is -2.25. The molecular weight excluding hydrogens is 520 g/mol. The number of rotatable bonds is 4. The smallest absolute Gasteiger partial charge is 0.160 e. The molecule has 0 N–H and O–H groups in total. The van der Waals surface area contributed by atoms with Crippen LogP contribution in [0.3, 0.4) is 0 Å². The van der Waals surface area contributed by atoms with Gasteiger partial charge >= 0.3 is 0 Å². The summed E-state index contributed by atoms with van der Waals surface area (Å²) in [5, 5.41) is 2.53. The molecule has 2 heteroatoms. The molecule has 0 amide bonds. The Morgan fingerprint density at radius 1 is 0.419 bits per heavy atom. The maximum absolute atomic E-state index is 5.33. The molecule has 8 rings (SSSR count). The van der Waals surface area contributed by atoms with E-state index in [9.17, 15) is 0 Å². The first-order valence-electron chi connectivity index (χ1n) is 14.8. The molecule has 0 fully saturated rings. The maximum Gasteiger partial charge on any atom is 0.160 e. The van der Waals surface area contributed by atoms with E-state index in [0.717, 1.165) is 28.3 Å². The van der Waals surface area contributed by atoms with Crippen LogP contribution in [0.5, 0.6) is 0 Å². The second-order valence-corrected chi connectivity index (χ2v) is 11.8. The van der Waals surface area contributed by atoms with Gasteiger partial charge in [-0.3, -0.25) is 0 Å². The Hall–Kier alpha value is -5.34. The fourth-order valence-corrected chi connectivity index (χ4v) is 6.80. The summed E-state index contributed by atoms with van der Waals surface area (Å²) in [6.07, 6.45) is 0. The van der Waals surface area contributed by atoms with Crippen molar-refractivity contribution in [3.8, 4) is 56.2 Å². The molecule has 0 aliphatic heterocycles. The van der Waals surface area contributed by atoms with Gasteiger partial charge in [0.05, 0.1) is 11.4 Å². The number of hydrogen-bond acceptors (Lipinski definition) is 2. The molecule has 1 heterocycles. The van der Waals surface area contributed by atoms with Crippen LogP contribution in [-0.4, -0.2) is 9.97 Å². The third-order valence-electron chi connectivity index (χ3n) is 8.81. The molecule has 1 aliphatic carbocycles. The number of aromatic nitrogens is 2. The predicted molar refractivity (Wildman–Crippen MR) is 179 cm³/mol. The molecular formula is C41H30N2. The summed E-state index contributed by atoms with van der Waals surface area (Å²) >= 11 is 0. The Balaban J connectivity index is 1.35. The van der Waals surface area contributed by atoms with Gasteiger partial charge in [0.25, 0.3) is 0 Å². The van der Waals surface area contributed by atoms with Gasteiger partial charge in [-0.25, -0.2) is 9.97 Å². The van der Waals surface area contributed by atoms with Gasteiger partial charge in [-0.05, 0) is 50.7 Å². The molecule has 1 aromatic heterocycles. The van der Waals surface area contributed by atoms with Gasteiger partial charge in [0, 0.05) is 27.7 Å². The van der Waals surface area contributed by atoms with Crippen LogP contribution >= 0.6 is 0 Å². The van der Waals surface area contributed by atoms with Gasteiger partial charge < -0.3 is 0 Å². The highest BCUT2D eigenvalue weighted by Gasteiger charge is 2.41. The van der Waals surface area contributed by atoms with Crippen molar-refractivity contribution in [2.45, 2.75) is 19.3 Å². The van der Waals surface area contributed by atoms with E-state index in [1.165, 1.54) is 49.7 Å². The van der Waals surface area contributed by atoms with Crippen molar-refractivity contribution in [1.29, 1.82) is 0 Å². The first-order valence-corrected chi connectivity index (χ1v) is 14.8. The summed E-state index contributed by atoms with van der Waals surface area (Å²) in [6, 6.07) is 51.7. The normalized spacial score (nSPS) is 13.1. The van der Waals surface area contributed by atoms with Gasteiger partial charge in [0.15, 0.2) is 5.82 Å². The van der Waals surface area contributed by atoms with Gasteiger partial charge in [0.1, 0.15) is 0 Å². The van der Waals surface area contributed by atoms with E-state index in [-0.39, 0.29) is 5.41 Å². The highest BCUT2D eigenvalue weighted by atomic mass is 14.9. The Labute approximate surface area is 252 Å². The number of hydrogen-bond donors (Lipinski definition) is 0. The minimum atomic E-state index is -0.278. The minimum absolute atomic E-state index is 0.278. The Bertz CT molecular complexity index is 2140. The lowest BCUT2D eigenvalue weighted by atomic mass is 9.78. The predicted octanol–water partition coefficient (Wildman–Crippen LogP) is 10.6. The topological polar surface area (TPSA) is 25.8 Å². The molecule has 7 aromatic rings. The summed E-state index contributed by atoms with van der Waals surface area (Å²) < 4.78 is 0. The van der Waals surface area contributed by atoms with Gasteiger partial charge in [0.2, 0.25) is 0 Å². The van der Waals surface area contributed by atoms with Crippen LogP contribution in [0, 0.1) is 0 Å². The zero-order valence-corrected chi connectivity index (χ0v) is 24.3. The van der Waals surface area contributed by atoms with Crippen molar-refractivity contribution in [3.63, 3.8) is 0 Å². The Morgan fingerprint density at radius 3 is 1.67 bits per heavy atom. The zero-order valence-electron chi connectivity index (χ0n) is 24.3. The van der Waals surface area contributed by atoms with E-state index >= 15 is 0 Å². The molecule has 0 spiro atoms. The Morgan fingerprint density at radius 2 is 0.953 bits per heavy atom. The number of fused-ring (bicyclic) bond motifs is 5. The first-order chi connectivity index (χ1) is 21.1. The average molecular weight is 551 g/mol. The van der Waals surface area contributed by atoms with E-state index in [1.54, 1.807) is 0 Å². The molecule has 2 nitrogen and oxygen atoms in total. The largest absolute Gasteiger partial charge is 0.228 e. The van der Waals surface area contributed by atoms with Gasteiger partial charge in [-0.15, -0.1) is 0 Å². The van der Waals surface area contributed by atoms with Crippen LogP contribution in [0.1, 0.15) is 25.0 Å². The van der Waals surface area contributed by atoms with E-state index in [0.29, 0.717) is 0 Å². The van der Waals surface area contributed by atoms with Crippen LogP contribution in [0.4, 0.5) is 0 Å². The minimum Gasteiger partial charge on any atom is -0.228 e. The van der Waals surface area contributed by atoms with Crippen molar-refractivity contribution in [2.75, 3.05) is 0 Å². The van der Waals surface area contributed by atoms with Crippen LogP contribution in [0.15, 0.2) is 146 Å². The lowest BCUT2D eigenvalue weighted by Crippen LogP contribution is -2.18. The fourth-order valence-electron chi connectivity index (χ4n) is 6.80. The van der Waals surface area contributed by atoms with Crippen molar-refractivity contribution in [3.05, 3.63) is 157 Å². The summed E-state index contributed by atoms with van der Waals surface area (Å²) in [4.78, 5) is 10.6. The van der Waals surface area contributed by atoms with Gasteiger partial charge in [-0.2, -0.15) is 0 Å². The van der Waals surface area contributed by atoms with Crippen molar-refractivity contribution < 1.29 is 0 Å². The molecule has 0 saturated heterocycles. The molecule has 0 radical (unpaired) electrons. The standard InChI is InChI=1S/C41H30N2/c1-41(2)36-34-22-10-9-15-28(34)23-24-35(36)39-37(41)38(42-40(43-39)29-16-7-4-8-17-29)33-21-12-20-32(26-33)31-19-11-18-30(25-31)27-13-5-3-6-14-27/h3-26H,1-2H3. The molecule has 1 aliphatic rings. The van der Waals surface area contributed by atoms with Crippen LogP contribution < -0.4 is 0 Å². The molecule has 0 bridgehead atoms.